The Kier molecular flexibility index (Phi) is 7.42. The smallest absolute Gasteiger partial charge is 0.279 e. The monoisotopic (exact) mass is 575 g/mol. The van der Waals surface area contributed by atoms with Crippen molar-refractivity contribution in [3.8, 4) is 0 Å². The number of benzene rings is 3. The number of sulfonamides is 1. The SMILES string of the molecule is COCCn1c(=NC(=O)c2ccc(S(=O)(=O)N3CCCc4ccccc43)cc2)sc2ccc(Cl)c(Cl)c21. The van der Waals surface area contributed by atoms with Gasteiger partial charge in [0.05, 0.1) is 37.5 Å². The maximum absolute atomic E-state index is 13.4. The van der Waals surface area contributed by atoms with E-state index in [9.17, 15) is 13.2 Å². The lowest BCUT2D eigenvalue weighted by molar-refractivity contribution is 0.0997. The van der Waals surface area contributed by atoms with Crippen molar-refractivity contribution in [2.75, 3.05) is 24.6 Å². The highest BCUT2D eigenvalue weighted by molar-refractivity contribution is 7.92. The lowest BCUT2D eigenvalue weighted by atomic mass is 10.0. The van der Waals surface area contributed by atoms with Crippen LogP contribution in [0.4, 0.5) is 5.69 Å². The lowest BCUT2D eigenvalue weighted by Gasteiger charge is -2.30. The Morgan fingerprint density at radius 3 is 2.59 bits per heavy atom. The molecule has 0 saturated carbocycles. The Labute approximate surface area is 228 Å². The van der Waals surface area contributed by atoms with E-state index in [-0.39, 0.29) is 10.5 Å². The van der Waals surface area contributed by atoms with Crippen LogP contribution in [-0.2, 0) is 27.7 Å². The lowest BCUT2D eigenvalue weighted by Crippen LogP contribution is -2.35. The minimum absolute atomic E-state index is 0.124. The fraction of sp³-hybridized carbons (Fsp3) is 0.231. The average Bonchev–Trinajstić information content (AvgIpc) is 3.26. The second kappa shape index (κ2) is 10.6. The molecule has 0 bridgehead atoms. The molecule has 5 rings (SSSR count). The number of fused-ring (bicyclic) bond motifs is 2. The van der Waals surface area contributed by atoms with Crippen molar-refractivity contribution in [1.29, 1.82) is 0 Å². The van der Waals surface area contributed by atoms with Crippen LogP contribution in [0.25, 0.3) is 10.2 Å². The van der Waals surface area contributed by atoms with Gasteiger partial charge >= 0.3 is 0 Å². The summed E-state index contributed by atoms with van der Waals surface area (Å²) in [6.07, 6.45) is 1.59. The van der Waals surface area contributed by atoms with E-state index >= 15 is 0 Å². The number of anilines is 1. The van der Waals surface area contributed by atoms with Crippen LogP contribution in [0.1, 0.15) is 22.3 Å². The van der Waals surface area contributed by atoms with Crippen molar-refractivity contribution >= 4 is 66.4 Å². The molecule has 11 heteroatoms. The number of carbonyl (C=O) groups is 1. The molecule has 0 unspecified atom stereocenters. The average molecular weight is 577 g/mol. The number of halogens is 2. The molecule has 0 spiro atoms. The van der Waals surface area contributed by atoms with E-state index in [1.807, 2.05) is 34.9 Å². The number of hydrogen-bond donors (Lipinski definition) is 0. The van der Waals surface area contributed by atoms with Gasteiger partial charge in [0, 0.05) is 25.8 Å². The van der Waals surface area contributed by atoms with E-state index in [2.05, 4.69) is 4.99 Å². The van der Waals surface area contributed by atoms with Crippen LogP contribution in [-0.4, -0.2) is 39.2 Å². The summed E-state index contributed by atoms with van der Waals surface area (Å²) in [5.74, 6) is -0.493. The summed E-state index contributed by atoms with van der Waals surface area (Å²) >= 11 is 14.0. The summed E-state index contributed by atoms with van der Waals surface area (Å²) in [7, 11) is -2.18. The molecule has 0 radical (unpaired) electrons. The van der Waals surface area contributed by atoms with Gasteiger partial charge in [-0.05, 0) is 60.9 Å². The number of thiazole rings is 1. The quantitative estimate of drug-likeness (QED) is 0.302. The summed E-state index contributed by atoms with van der Waals surface area (Å²) in [6, 6.07) is 17.0. The third kappa shape index (κ3) is 4.94. The second-order valence-corrected chi connectivity index (χ2v) is 12.1. The molecule has 0 atom stereocenters. The third-order valence-corrected chi connectivity index (χ3v) is 9.87. The number of rotatable bonds is 6. The second-order valence-electron chi connectivity index (χ2n) is 8.49. The van der Waals surface area contributed by atoms with E-state index in [0.717, 1.165) is 23.1 Å². The van der Waals surface area contributed by atoms with E-state index < -0.39 is 15.9 Å². The molecule has 0 fully saturated rings. The van der Waals surface area contributed by atoms with Gasteiger partial charge in [0.1, 0.15) is 0 Å². The number of amides is 1. The molecule has 37 heavy (non-hydrogen) atoms. The number of carbonyl (C=O) groups excluding carboxylic acids is 1. The van der Waals surface area contributed by atoms with Gasteiger partial charge in [-0.2, -0.15) is 4.99 Å². The van der Waals surface area contributed by atoms with Crippen LogP contribution in [0.2, 0.25) is 10.0 Å². The molecule has 4 aromatic rings. The zero-order valence-electron chi connectivity index (χ0n) is 19.9. The van der Waals surface area contributed by atoms with Crippen molar-refractivity contribution in [3.63, 3.8) is 0 Å². The Balaban J connectivity index is 1.48. The molecular formula is C26H23Cl2N3O4S2. The number of aryl methyl sites for hydroxylation is 1. The van der Waals surface area contributed by atoms with Crippen LogP contribution in [0.3, 0.4) is 0 Å². The molecule has 3 aromatic carbocycles. The maximum Gasteiger partial charge on any atom is 0.279 e. The molecule has 1 aliphatic heterocycles. The maximum atomic E-state index is 13.4. The van der Waals surface area contributed by atoms with E-state index in [1.54, 1.807) is 13.2 Å². The van der Waals surface area contributed by atoms with Gasteiger partial charge in [0.2, 0.25) is 0 Å². The molecule has 1 aliphatic rings. The first-order valence-electron chi connectivity index (χ1n) is 11.6. The van der Waals surface area contributed by atoms with Crippen molar-refractivity contribution in [1.82, 2.24) is 4.57 Å². The van der Waals surface area contributed by atoms with E-state index in [0.29, 0.717) is 45.7 Å². The highest BCUT2D eigenvalue weighted by Gasteiger charge is 2.29. The predicted molar refractivity (Wildman–Crippen MR) is 147 cm³/mol. The topological polar surface area (TPSA) is 81.0 Å². The molecule has 1 amide bonds. The number of aromatic nitrogens is 1. The molecular weight excluding hydrogens is 553 g/mol. The van der Waals surface area contributed by atoms with Crippen LogP contribution >= 0.6 is 34.5 Å². The Hall–Kier alpha value is -2.69. The van der Waals surface area contributed by atoms with E-state index in [4.69, 9.17) is 27.9 Å². The summed E-state index contributed by atoms with van der Waals surface area (Å²) < 4.78 is 36.1. The minimum Gasteiger partial charge on any atom is -0.383 e. The van der Waals surface area contributed by atoms with Gasteiger partial charge < -0.3 is 9.30 Å². The molecule has 7 nitrogen and oxygen atoms in total. The number of methoxy groups -OCH3 is 1. The molecule has 0 aliphatic carbocycles. The van der Waals surface area contributed by atoms with Crippen LogP contribution in [0.5, 0.6) is 0 Å². The highest BCUT2D eigenvalue weighted by atomic mass is 35.5. The van der Waals surface area contributed by atoms with Gasteiger partial charge in [-0.3, -0.25) is 9.10 Å². The van der Waals surface area contributed by atoms with Crippen LogP contribution in [0, 0.1) is 0 Å². The first-order valence-corrected chi connectivity index (χ1v) is 14.6. The fourth-order valence-electron chi connectivity index (χ4n) is 4.38. The largest absolute Gasteiger partial charge is 0.383 e. The third-order valence-electron chi connectivity index (χ3n) is 6.21. The van der Waals surface area contributed by atoms with Crippen molar-refractivity contribution in [3.05, 3.63) is 86.6 Å². The Morgan fingerprint density at radius 1 is 1.08 bits per heavy atom. The van der Waals surface area contributed by atoms with Crippen LogP contribution in [0.15, 0.2) is 70.6 Å². The number of para-hydroxylation sites is 1. The zero-order valence-corrected chi connectivity index (χ0v) is 23.0. The first kappa shape index (κ1) is 25.9. The van der Waals surface area contributed by atoms with Crippen molar-refractivity contribution < 1.29 is 17.9 Å². The predicted octanol–water partition coefficient (Wildman–Crippen LogP) is 5.54. The minimum atomic E-state index is -3.77. The first-order chi connectivity index (χ1) is 17.8. The summed E-state index contributed by atoms with van der Waals surface area (Å²) in [4.78, 5) is 18.0. The van der Waals surface area contributed by atoms with Crippen molar-refractivity contribution in [2.24, 2.45) is 4.99 Å². The number of nitrogens with zero attached hydrogens (tertiary/aromatic N) is 3. The highest BCUT2D eigenvalue weighted by Crippen LogP contribution is 2.33. The standard InChI is InChI=1S/C26H23Cl2N3O4S2/c1-35-16-15-30-24-22(13-12-20(27)23(24)28)36-26(30)29-25(32)18-8-10-19(11-9-18)37(33,34)31-14-4-6-17-5-2-3-7-21(17)31/h2-3,5,7-13H,4,6,14-16H2,1H3. The van der Waals surface area contributed by atoms with Gasteiger partial charge in [-0.15, -0.1) is 0 Å². The summed E-state index contributed by atoms with van der Waals surface area (Å²) in [6.45, 7) is 1.23. The Bertz CT molecular complexity index is 1660. The van der Waals surface area contributed by atoms with Crippen molar-refractivity contribution in [2.45, 2.75) is 24.3 Å². The van der Waals surface area contributed by atoms with Gasteiger partial charge in [0.15, 0.2) is 4.80 Å². The van der Waals surface area contributed by atoms with Gasteiger partial charge in [-0.1, -0.05) is 52.7 Å². The molecule has 0 saturated heterocycles. The number of hydrogen-bond acceptors (Lipinski definition) is 5. The van der Waals surface area contributed by atoms with Gasteiger partial charge in [0.25, 0.3) is 15.9 Å². The summed E-state index contributed by atoms with van der Waals surface area (Å²) in [5.41, 5.74) is 2.67. The zero-order chi connectivity index (χ0) is 26.2. The normalized spacial score (nSPS) is 14.2. The van der Waals surface area contributed by atoms with Crippen LogP contribution < -0.4 is 9.11 Å². The molecule has 1 aromatic heterocycles. The van der Waals surface area contributed by atoms with E-state index in [1.165, 1.54) is 39.9 Å². The van der Waals surface area contributed by atoms with Gasteiger partial charge in [-0.25, -0.2) is 8.42 Å². The fourth-order valence-corrected chi connectivity index (χ4v) is 7.45. The molecule has 0 N–H and O–H groups in total. The summed E-state index contributed by atoms with van der Waals surface area (Å²) in [5, 5.41) is 0.790. The number of ether oxygens (including phenoxy) is 1. The molecule has 192 valence electrons. The molecule has 2 heterocycles. The Morgan fingerprint density at radius 2 is 1.84 bits per heavy atom.